The lowest BCUT2D eigenvalue weighted by atomic mass is 9.85. The summed E-state index contributed by atoms with van der Waals surface area (Å²) in [6.07, 6.45) is 1.88. The molecule has 1 aromatic rings. The molecule has 0 spiro atoms. The van der Waals surface area contributed by atoms with Gasteiger partial charge in [-0.3, -0.25) is 9.59 Å². The minimum atomic E-state index is -0.725. The first kappa shape index (κ1) is 16.7. The number of aliphatic carboxylic acids is 1. The maximum absolute atomic E-state index is 11.9. The van der Waals surface area contributed by atoms with Gasteiger partial charge in [-0.05, 0) is 43.0 Å². The maximum atomic E-state index is 11.9. The van der Waals surface area contributed by atoms with Crippen LogP contribution >= 0.6 is 0 Å². The van der Waals surface area contributed by atoms with Crippen LogP contribution in [0, 0.1) is 17.8 Å². The van der Waals surface area contributed by atoms with Crippen LogP contribution in [0.5, 0.6) is 0 Å². The van der Waals surface area contributed by atoms with Gasteiger partial charge in [0.05, 0.1) is 5.92 Å². The number of carboxylic acid groups (broad SMARTS) is 1. The molecule has 0 radical (unpaired) electrons. The fourth-order valence-corrected chi connectivity index (χ4v) is 3.00. The van der Waals surface area contributed by atoms with Gasteiger partial charge in [-0.1, -0.05) is 38.1 Å². The van der Waals surface area contributed by atoms with E-state index in [1.165, 1.54) is 0 Å². The lowest BCUT2D eigenvalue weighted by Crippen LogP contribution is -2.27. The van der Waals surface area contributed by atoms with Crippen molar-refractivity contribution >= 4 is 11.8 Å². The summed E-state index contributed by atoms with van der Waals surface area (Å²) in [5.74, 6) is -0.645. The van der Waals surface area contributed by atoms with Gasteiger partial charge in [0.1, 0.15) is 5.78 Å². The molecule has 2 atom stereocenters. The van der Waals surface area contributed by atoms with E-state index in [1.807, 2.05) is 38.1 Å². The molecule has 22 heavy (non-hydrogen) atoms. The third-order valence-corrected chi connectivity index (χ3v) is 4.45. The normalized spacial score (nSPS) is 19.3. The first-order valence-corrected chi connectivity index (χ1v) is 8.01. The Hall–Kier alpha value is -1.68. The smallest absolute Gasteiger partial charge is 0.307 e. The molecule has 4 heteroatoms. The Kier molecular flexibility index (Phi) is 5.72. The zero-order chi connectivity index (χ0) is 16.1. The van der Waals surface area contributed by atoms with Gasteiger partial charge in [0.2, 0.25) is 0 Å². The molecule has 0 bridgehead atoms. The second-order valence-electron chi connectivity index (χ2n) is 6.52. The predicted octanol–water partition coefficient (Wildman–Crippen LogP) is 2.31. The molecule has 0 aromatic heterocycles. The first-order valence-electron chi connectivity index (χ1n) is 8.01. The Morgan fingerprint density at radius 1 is 1.32 bits per heavy atom. The van der Waals surface area contributed by atoms with Crippen LogP contribution in [-0.2, 0) is 22.4 Å². The second kappa shape index (κ2) is 7.54. The largest absolute Gasteiger partial charge is 0.481 e. The Bertz CT molecular complexity index is 533. The highest BCUT2D eigenvalue weighted by Gasteiger charge is 2.30. The zero-order valence-corrected chi connectivity index (χ0v) is 13.3. The predicted molar refractivity (Wildman–Crippen MR) is 85.8 cm³/mol. The molecular formula is C18H25NO3. The van der Waals surface area contributed by atoms with Crippen LogP contribution in [0.1, 0.15) is 31.4 Å². The third-order valence-electron chi connectivity index (χ3n) is 4.45. The van der Waals surface area contributed by atoms with Gasteiger partial charge >= 0.3 is 5.97 Å². The number of hydrogen-bond donors (Lipinski definition) is 2. The minimum Gasteiger partial charge on any atom is -0.481 e. The summed E-state index contributed by atoms with van der Waals surface area (Å²) < 4.78 is 0. The number of nitrogens with one attached hydrogen (secondary N) is 1. The highest BCUT2D eigenvalue weighted by atomic mass is 16.4. The summed E-state index contributed by atoms with van der Waals surface area (Å²) in [5.41, 5.74) is 1.98. The zero-order valence-electron chi connectivity index (χ0n) is 13.3. The van der Waals surface area contributed by atoms with E-state index in [0.717, 1.165) is 30.6 Å². The van der Waals surface area contributed by atoms with Crippen molar-refractivity contribution in [1.29, 1.82) is 0 Å². The molecule has 2 N–H and O–H groups in total. The standard InChI is InChI=1S/C18H25NO3/c1-12(2)17(20)10-14-5-3-4-13(8-14)9-16(18(21)22)15-6-7-19-11-15/h3-5,8,12,15-16,19H,6-7,9-11H2,1-2H3,(H,21,22)/t15-,16+/m1/s1. The molecule has 1 aromatic carbocycles. The Morgan fingerprint density at radius 2 is 2.05 bits per heavy atom. The summed E-state index contributed by atoms with van der Waals surface area (Å²) >= 11 is 0. The second-order valence-corrected chi connectivity index (χ2v) is 6.52. The fraction of sp³-hybridized carbons (Fsp3) is 0.556. The van der Waals surface area contributed by atoms with Crippen LogP contribution in [0.15, 0.2) is 24.3 Å². The lowest BCUT2D eigenvalue weighted by Gasteiger charge is -2.19. The van der Waals surface area contributed by atoms with Crippen molar-refractivity contribution in [2.75, 3.05) is 13.1 Å². The number of benzene rings is 1. The van der Waals surface area contributed by atoms with Crippen molar-refractivity contribution in [2.24, 2.45) is 17.8 Å². The van der Waals surface area contributed by atoms with Gasteiger partial charge in [0.25, 0.3) is 0 Å². The monoisotopic (exact) mass is 303 g/mol. The van der Waals surface area contributed by atoms with E-state index in [-0.39, 0.29) is 23.5 Å². The van der Waals surface area contributed by atoms with Crippen LogP contribution in [0.3, 0.4) is 0 Å². The van der Waals surface area contributed by atoms with Crippen LogP contribution in [-0.4, -0.2) is 29.9 Å². The van der Waals surface area contributed by atoms with Crippen LogP contribution in [0.25, 0.3) is 0 Å². The molecule has 0 saturated carbocycles. The van der Waals surface area contributed by atoms with E-state index in [4.69, 9.17) is 0 Å². The van der Waals surface area contributed by atoms with Crippen molar-refractivity contribution in [3.05, 3.63) is 35.4 Å². The van der Waals surface area contributed by atoms with Crippen molar-refractivity contribution in [2.45, 2.75) is 33.1 Å². The van der Waals surface area contributed by atoms with Crippen molar-refractivity contribution < 1.29 is 14.7 Å². The molecule has 1 aliphatic heterocycles. The number of Topliss-reactive ketones (excluding diaryl/α,β-unsaturated/α-hetero) is 1. The molecule has 1 fully saturated rings. The quantitative estimate of drug-likeness (QED) is 0.811. The third kappa shape index (κ3) is 4.41. The SMILES string of the molecule is CC(C)C(=O)Cc1cccc(C[C@H](C(=O)O)[C@@H]2CCNC2)c1. The van der Waals surface area contributed by atoms with Crippen molar-refractivity contribution in [1.82, 2.24) is 5.32 Å². The number of rotatable bonds is 7. The average Bonchev–Trinajstić information content (AvgIpc) is 2.98. The number of carbonyl (C=O) groups excluding carboxylic acids is 1. The minimum absolute atomic E-state index is 0.0278. The number of carbonyl (C=O) groups is 2. The Labute approximate surface area is 131 Å². The summed E-state index contributed by atoms with van der Waals surface area (Å²) in [6, 6.07) is 7.81. The molecule has 120 valence electrons. The van der Waals surface area contributed by atoms with E-state index in [2.05, 4.69) is 5.32 Å². The topological polar surface area (TPSA) is 66.4 Å². The molecule has 4 nitrogen and oxygen atoms in total. The number of carboxylic acids is 1. The summed E-state index contributed by atoms with van der Waals surface area (Å²) in [5, 5.41) is 12.7. The van der Waals surface area contributed by atoms with E-state index in [9.17, 15) is 14.7 Å². The molecule has 0 aliphatic carbocycles. The molecule has 0 amide bonds. The van der Waals surface area contributed by atoms with Gasteiger partial charge in [-0.15, -0.1) is 0 Å². The van der Waals surface area contributed by atoms with Gasteiger partial charge < -0.3 is 10.4 Å². The van der Waals surface area contributed by atoms with Gasteiger partial charge in [-0.25, -0.2) is 0 Å². The van der Waals surface area contributed by atoms with E-state index in [0.29, 0.717) is 12.8 Å². The highest BCUT2D eigenvalue weighted by molar-refractivity contribution is 5.82. The molecule has 1 aliphatic rings. The Balaban J connectivity index is 2.07. The number of ketones is 1. The summed E-state index contributed by atoms with van der Waals surface area (Å²) in [7, 11) is 0. The van der Waals surface area contributed by atoms with Crippen LogP contribution in [0.4, 0.5) is 0 Å². The molecule has 2 rings (SSSR count). The summed E-state index contributed by atoms with van der Waals surface area (Å²) in [6.45, 7) is 5.49. The maximum Gasteiger partial charge on any atom is 0.307 e. The Morgan fingerprint density at radius 3 is 2.64 bits per heavy atom. The van der Waals surface area contributed by atoms with Crippen LogP contribution < -0.4 is 5.32 Å². The summed E-state index contributed by atoms with van der Waals surface area (Å²) in [4.78, 5) is 23.4. The first-order chi connectivity index (χ1) is 10.5. The van der Waals surface area contributed by atoms with E-state index >= 15 is 0 Å². The van der Waals surface area contributed by atoms with Gasteiger partial charge in [0.15, 0.2) is 0 Å². The average molecular weight is 303 g/mol. The highest BCUT2D eigenvalue weighted by Crippen LogP contribution is 2.24. The van der Waals surface area contributed by atoms with Crippen molar-refractivity contribution in [3.63, 3.8) is 0 Å². The van der Waals surface area contributed by atoms with Crippen molar-refractivity contribution in [3.8, 4) is 0 Å². The molecule has 1 heterocycles. The lowest BCUT2D eigenvalue weighted by molar-refractivity contribution is -0.143. The van der Waals surface area contributed by atoms with E-state index in [1.54, 1.807) is 0 Å². The van der Waals surface area contributed by atoms with Gasteiger partial charge in [-0.2, -0.15) is 0 Å². The van der Waals surface area contributed by atoms with Crippen LogP contribution in [0.2, 0.25) is 0 Å². The molecule has 1 saturated heterocycles. The fourth-order valence-electron chi connectivity index (χ4n) is 3.00. The van der Waals surface area contributed by atoms with E-state index < -0.39 is 5.97 Å². The molecule has 0 unspecified atom stereocenters. The number of hydrogen-bond acceptors (Lipinski definition) is 3. The molecular weight excluding hydrogens is 278 g/mol. The van der Waals surface area contributed by atoms with Gasteiger partial charge in [0, 0.05) is 12.3 Å².